The Morgan fingerprint density at radius 3 is 2.83 bits per heavy atom. The molecule has 18 heavy (non-hydrogen) atoms. The fourth-order valence-corrected chi connectivity index (χ4v) is 2.24. The number of piperazine rings is 1. The van der Waals surface area contributed by atoms with Crippen LogP contribution in [0, 0.1) is 13.8 Å². The second-order valence-electron chi connectivity index (χ2n) is 4.78. The van der Waals surface area contributed by atoms with Crippen molar-refractivity contribution in [2.75, 3.05) is 24.6 Å². The molecule has 1 aliphatic rings. The summed E-state index contributed by atoms with van der Waals surface area (Å²) in [5.74, 6) is 0.0542. The zero-order chi connectivity index (χ0) is 13.1. The minimum Gasteiger partial charge on any atom is -0.396 e. The number of rotatable bonds is 3. The van der Waals surface area contributed by atoms with Crippen molar-refractivity contribution in [3.63, 3.8) is 0 Å². The molecule has 1 heterocycles. The number of nitrogens with one attached hydrogen (secondary N) is 1. The quantitative estimate of drug-likeness (QED) is 0.838. The lowest BCUT2D eigenvalue weighted by Crippen LogP contribution is -2.55. The van der Waals surface area contributed by atoms with Gasteiger partial charge in [-0.3, -0.25) is 4.79 Å². The lowest BCUT2D eigenvalue weighted by Gasteiger charge is -2.33. The smallest absolute Gasteiger partial charge is 0.244 e. The maximum absolute atomic E-state index is 12.3. The van der Waals surface area contributed by atoms with Gasteiger partial charge in [-0.2, -0.15) is 0 Å². The van der Waals surface area contributed by atoms with E-state index < -0.39 is 0 Å². The largest absolute Gasteiger partial charge is 0.396 e. The number of anilines is 1. The monoisotopic (exact) mass is 248 g/mol. The summed E-state index contributed by atoms with van der Waals surface area (Å²) in [5.41, 5.74) is 3.37. The van der Waals surface area contributed by atoms with Gasteiger partial charge in [-0.15, -0.1) is 0 Å². The number of nitrogens with zero attached hydrogens (tertiary/aromatic N) is 1. The Bertz CT molecular complexity index is 443. The zero-order valence-electron chi connectivity index (χ0n) is 10.9. The van der Waals surface area contributed by atoms with Crippen LogP contribution >= 0.6 is 0 Å². The van der Waals surface area contributed by atoms with Gasteiger partial charge in [0.15, 0.2) is 0 Å². The molecule has 4 nitrogen and oxygen atoms in total. The number of aryl methyl sites for hydroxylation is 2. The molecule has 0 aromatic heterocycles. The van der Waals surface area contributed by atoms with Crippen molar-refractivity contribution in [3.05, 3.63) is 29.3 Å². The molecular formula is C14H20N2O2. The molecule has 2 rings (SSSR count). The summed E-state index contributed by atoms with van der Waals surface area (Å²) in [7, 11) is 0. The summed E-state index contributed by atoms with van der Waals surface area (Å²) < 4.78 is 0. The third-order valence-electron chi connectivity index (χ3n) is 3.51. The molecule has 1 unspecified atom stereocenters. The van der Waals surface area contributed by atoms with E-state index >= 15 is 0 Å². The first-order valence-electron chi connectivity index (χ1n) is 6.36. The summed E-state index contributed by atoms with van der Waals surface area (Å²) in [5, 5.41) is 12.1. The Labute approximate surface area is 108 Å². The zero-order valence-corrected chi connectivity index (χ0v) is 10.9. The van der Waals surface area contributed by atoms with E-state index in [0.717, 1.165) is 12.2 Å². The van der Waals surface area contributed by atoms with Crippen LogP contribution in [0.3, 0.4) is 0 Å². The average molecular weight is 248 g/mol. The second-order valence-corrected chi connectivity index (χ2v) is 4.78. The molecule has 1 fully saturated rings. The minimum absolute atomic E-state index is 0.0319. The van der Waals surface area contributed by atoms with Crippen LogP contribution in [-0.2, 0) is 4.79 Å². The summed E-state index contributed by atoms with van der Waals surface area (Å²) in [6.07, 6.45) is 0.472. The van der Waals surface area contributed by atoms with Gasteiger partial charge in [-0.05, 0) is 43.5 Å². The maximum Gasteiger partial charge on any atom is 0.244 e. The lowest BCUT2D eigenvalue weighted by molar-refractivity contribution is -0.122. The predicted octanol–water partition coefficient (Wildman–Crippen LogP) is 0.991. The van der Waals surface area contributed by atoms with E-state index in [1.54, 1.807) is 0 Å². The van der Waals surface area contributed by atoms with Gasteiger partial charge in [0.25, 0.3) is 0 Å². The normalized spacial score (nSPS) is 20.3. The minimum atomic E-state index is -0.259. The van der Waals surface area contributed by atoms with Gasteiger partial charge in [0.2, 0.25) is 5.91 Å². The van der Waals surface area contributed by atoms with Crippen molar-refractivity contribution in [1.29, 1.82) is 0 Å². The van der Waals surface area contributed by atoms with E-state index in [2.05, 4.69) is 25.2 Å². The van der Waals surface area contributed by atoms with E-state index in [1.165, 1.54) is 11.1 Å². The highest BCUT2D eigenvalue weighted by Crippen LogP contribution is 2.21. The molecule has 0 spiro atoms. The molecule has 1 aromatic rings. The van der Waals surface area contributed by atoms with Crippen LogP contribution in [0.1, 0.15) is 17.5 Å². The average Bonchev–Trinajstić information content (AvgIpc) is 2.36. The molecule has 1 saturated heterocycles. The van der Waals surface area contributed by atoms with Crippen LogP contribution in [0.5, 0.6) is 0 Å². The van der Waals surface area contributed by atoms with Crippen LogP contribution in [0.25, 0.3) is 0 Å². The van der Waals surface area contributed by atoms with Crippen molar-refractivity contribution >= 4 is 11.6 Å². The van der Waals surface area contributed by atoms with Gasteiger partial charge < -0.3 is 15.3 Å². The van der Waals surface area contributed by atoms with Gasteiger partial charge in [0, 0.05) is 25.4 Å². The Hall–Kier alpha value is -1.39. The molecular weight excluding hydrogens is 228 g/mol. The van der Waals surface area contributed by atoms with E-state index in [-0.39, 0.29) is 18.6 Å². The van der Waals surface area contributed by atoms with Crippen LogP contribution in [0.2, 0.25) is 0 Å². The van der Waals surface area contributed by atoms with Crippen molar-refractivity contribution < 1.29 is 9.90 Å². The molecule has 2 N–H and O–H groups in total. The van der Waals surface area contributed by atoms with E-state index in [4.69, 9.17) is 5.11 Å². The highest BCUT2D eigenvalue weighted by molar-refractivity contribution is 5.98. The van der Waals surface area contributed by atoms with Crippen LogP contribution < -0.4 is 10.2 Å². The molecule has 1 aromatic carbocycles. The Kier molecular flexibility index (Phi) is 3.99. The number of hydrogen-bond donors (Lipinski definition) is 2. The van der Waals surface area contributed by atoms with Crippen LogP contribution in [0.15, 0.2) is 18.2 Å². The Morgan fingerprint density at radius 2 is 2.17 bits per heavy atom. The highest BCUT2D eigenvalue weighted by Gasteiger charge is 2.28. The van der Waals surface area contributed by atoms with Crippen LogP contribution in [-0.4, -0.2) is 36.8 Å². The van der Waals surface area contributed by atoms with E-state index in [0.29, 0.717) is 13.0 Å². The number of aliphatic hydroxyl groups excluding tert-OH is 1. The summed E-state index contributed by atoms with van der Waals surface area (Å²) in [6, 6.07) is 5.82. The molecule has 1 amide bonds. The first-order chi connectivity index (χ1) is 8.63. The van der Waals surface area contributed by atoms with Crippen LogP contribution in [0.4, 0.5) is 5.69 Å². The van der Waals surface area contributed by atoms with Crippen molar-refractivity contribution in [2.24, 2.45) is 0 Å². The van der Waals surface area contributed by atoms with Gasteiger partial charge >= 0.3 is 0 Å². The number of amides is 1. The molecule has 1 aliphatic heterocycles. The highest BCUT2D eigenvalue weighted by atomic mass is 16.3. The standard InChI is InChI=1S/C14H20N2O2/c1-10-3-4-12(9-11(10)2)16-7-6-15-13(5-8-17)14(16)18/h3-4,9,13,15,17H,5-8H2,1-2H3. The first kappa shape index (κ1) is 13.1. The fraction of sp³-hybridized carbons (Fsp3) is 0.500. The molecule has 98 valence electrons. The first-order valence-corrected chi connectivity index (χ1v) is 6.36. The summed E-state index contributed by atoms with van der Waals surface area (Å²) in [4.78, 5) is 14.1. The number of benzene rings is 1. The SMILES string of the molecule is Cc1ccc(N2CCNC(CCO)C2=O)cc1C. The fourth-order valence-electron chi connectivity index (χ4n) is 2.24. The number of aliphatic hydroxyl groups is 1. The molecule has 4 heteroatoms. The van der Waals surface area contributed by atoms with Gasteiger partial charge in [0.1, 0.15) is 0 Å². The topological polar surface area (TPSA) is 52.6 Å². The Morgan fingerprint density at radius 1 is 1.39 bits per heavy atom. The second kappa shape index (κ2) is 5.50. The third kappa shape index (κ3) is 2.54. The maximum atomic E-state index is 12.3. The van der Waals surface area contributed by atoms with E-state index in [1.807, 2.05) is 17.0 Å². The van der Waals surface area contributed by atoms with Gasteiger partial charge in [-0.25, -0.2) is 0 Å². The summed E-state index contributed by atoms with van der Waals surface area (Å²) in [6.45, 7) is 5.60. The van der Waals surface area contributed by atoms with Crippen molar-refractivity contribution in [3.8, 4) is 0 Å². The van der Waals surface area contributed by atoms with Crippen molar-refractivity contribution in [2.45, 2.75) is 26.3 Å². The van der Waals surface area contributed by atoms with E-state index in [9.17, 15) is 4.79 Å². The summed E-state index contributed by atoms with van der Waals surface area (Å²) >= 11 is 0. The number of carbonyl (C=O) groups is 1. The molecule has 0 radical (unpaired) electrons. The molecule has 0 saturated carbocycles. The lowest BCUT2D eigenvalue weighted by atomic mass is 10.1. The Balaban J connectivity index is 2.21. The van der Waals surface area contributed by atoms with Gasteiger partial charge in [-0.1, -0.05) is 6.07 Å². The number of hydrogen-bond acceptors (Lipinski definition) is 3. The molecule has 0 bridgehead atoms. The number of carbonyl (C=O) groups excluding carboxylic acids is 1. The molecule has 0 aliphatic carbocycles. The predicted molar refractivity (Wildman–Crippen MR) is 71.8 cm³/mol. The van der Waals surface area contributed by atoms with Gasteiger partial charge in [0.05, 0.1) is 6.04 Å². The molecule has 1 atom stereocenters. The third-order valence-corrected chi connectivity index (χ3v) is 3.51. The van der Waals surface area contributed by atoms with Crippen molar-refractivity contribution in [1.82, 2.24) is 5.32 Å².